The number of halogens is 1. The zero-order valence-corrected chi connectivity index (χ0v) is 15.6. The van der Waals surface area contributed by atoms with Crippen LogP contribution in [0, 0.1) is 11.7 Å². The van der Waals surface area contributed by atoms with Gasteiger partial charge in [-0.15, -0.1) is 0 Å². The van der Waals surface area contributed by atoms with Crippen molar-refractivity contribution in [1.82, 2.24) is 15.5 Å². The Hall–Kier alpha value is -1.99. The van der Waals surface area contributed by atoms with Gasteiger partial charge in [-0.25, -0.2) is 4.39 Å². The second-order valence-corrected chi connectivity index (χ2v) is 7.22. The van der Waals surface area contributed by atoms with Crippen LogP contribution in [0.2, 0.25) is 0 Å². The highest BCUT2D eigenvalue weighted by Gasteiger charge is 2.25. The van der Waals surface area contributed by atoms with Crippen LogP contribution in [0.5, 0.6) is 0 Å². The number of nitrogens with one attached hydrogen (secondary N) is 2. The molecule has 1 aromatic carbocycles. The van der Waals surface area contributed by atoms with Gasteiger partial charge in [-0.3, -0.25) is 14.5 Å². The molecule has 1 saturated carbocycles. The van der Waals surface area contributed by atoms with Crippen molar-refractivity contribution in [2.24, 2.45) is 5.92 Å². The Morgan fingerprint density at radius 3 is 2.63 bits per heavy atom. The van der Waals surface area contributed by atoms with Crippen LogP contribution < -0.4 is 10.6 Å². The number of morpholine rings is 1. The summed E-state index contributed by atoms with van der Waals surface area (Å²) in [5, 5.41) is 5.62. The van der Waals surface area contributed by atoms with E-state index < -0.39 is 0 Å². The van der Waals surface area contributed by atoms with E-state index in [-0.39, 0.29) is 36.1 Å². The number of benzene rings is 1. The summed E-state index contributed by atoms with van der Waals surface area (Å²) < 4.78 is 19.1. The van der Waals surface area contributed by atoms with E-state index in [0.717, 1.165) is 44.3 Å². The van der Waals surface area contributed by atoms with Crippen molar-refractivity contribution in [3.8, 4) is 0 Å². The maximum atomic E-state index is 13.7. The highest BCUT2D eigenvalue weighted by molar-refractivity contribution is 5.85. The number of amides is 2. The molecule has 0 aromatic heterocycles. The van der Waals surface area contributed by atoms with Crippen molar-refractivity contribution in [2.45, 2.75) is 31.7 Å². The minimum Gasteiger partial charge on any atom is -0.379 e. The smallest absolute Gasteiger partial charge is 0.239 e. The SMILES string of the molecule is O=C(CNC(=O)C1CCCC1)NC[C@@H](c1cccc(F)c1)N1CCOCC1. The van der Waals surface area contributed by atoms with Gasteiger partial charge in [0.2, 0.25) is 11.8 Å². The molecule has 3 rings (SSSR count). The van der Waals surface area contributed by atoms with Crippen LogP contribution in [0.3, 0.4) is 0 Å². The lowest BCUT2D eigenvalue weighted by Crippen LogP contribution is -2.46. The van der Waals surface area contributed by atoms with Crippen molar-refractivity contribution in [3.05, 3.63) is 35.6 Å². The predicted octanol–water partition coefficient (Wildman–Crippen LogP) is 1.62. The number of ether oxygens (including phenoxy) is 1. The van der Waals surface area contributed by atoms with Gasteiger partial charge in [0.05, 0.1) is 25.8 Å². The second kappa shape index (κ2) is 9.80. The molecule has 2 N–H and O–H groups in total. The summed E-state index contributed by atoms with van der Waals surface area (Å²) in [5.41, 5.74) is 0.826. The largest absolute Gasteiger partial charge is 0.379 e. The third-order valence-corrected chi connectivity index (χ3v) is 5.36. The van der Waals surface area contributed by atoms with Crippen molar-refractivity contribution >= 4 is 11.8 Å². The van der Waals surface area contributed by atoms with Crippen LogP contribution >= 0.6 is 0 Å². The Kier molecular flexibility index (Phi) is 7.18. The van der Waals surface area contributed by atoms with E-state index in [4.69, 9.17) is 4.74 Å². The molecule has 2 fully saturated rings. The van der Waals surface area contributed by atoms with Crippen molar-refractivity contribution in [2.75, 3.05) is 39.4 Å². The molecule has 1 saturated heterocycles. The third kappa shape index (κ3) is 5.74. The molecule has 1 aliphatic heterocycles. The molecule has 148 valence electrons. The summed E-state index contributed by atoms with van der Waals surface area (Å²) in [4.78, 5) is 26.4. The minimum atomic E-state index is -0.291. The summed E-state index contributed by atoms with van der Waals surface area (Å²) in [6, 6.07) is 6.35. The Balaban J connectivity index is 1.53. The van der Waals surface area contributed by atoms with Crippen LogP contribution in [-0.2, 0) is 14.3 Å². The lowest BCUT2D eigenvalue weighted by Gasteiger charge is -2.35. The third-order valence-electron chi connectivity index (χ3n) is 5.36. The first-order valence-electron chi connectivity index (χ1n) is 9.75. The Bertz CT molecular complexity index is 643. The van der Waals surface area contributed by atoms with Gasteiger partial charge in [0.1, 0.15) is 5.82 Å². The Labute approximate surface area is 159 Å². The van der Waals surface area contributed by atoms with Crippen LogP contribution in [0.1, 0.15) is 37.3 Å². The van der Waals surface area contributed by atoms with E-state index in [0.29, 0.717) is 19.8 Å². The van der Waals surface area contributed by atoms with Crippen molar-refractivity contribution in [3.63, 3.8) is 0 Å². The number of carbonyl (C=O) groups excluding carboxylic acids is 2. The first kappa shape index (κ1) is 19.8. The molecule has 1 aromatic rings. The van der Waals surface area contributed by atoms with Gasteiger partial charge in [0.25, 0.3) is 0 Å². The molecular formula is C20H28FN3O3. The average molecular weight is 377 g/mol. The number of hydrogen-bond donors (Lipinski definition) is 2. The first-order chi connectivity index (χ1) is 13.1. The molecule has 0 unspecified atom stereocenters. The average Bonchev–Trinajstić information content (AvgIpc) is 3.22. The zero-order valence-electron chi connectivity index (χ0n) is 15.6. The fraction of sp³-hybridized carbons (Fsp3) is 0.600. The molecule has 2 amide bonds. The van der Waals surface area contributed by atoms with Crippen molar-refractivity contribution in [1.29, 1.82) is 0 Å². The molecule has 27 heavy (non-hydrogen) atoms. The van der Waals surface area contributed by atoms with Crippen LogP contribution in [0.15, 0.2) is 24.3 Å². The van der Waals surface area contributed by atoms with E-state index in [2.05, 4.69) is 15.5 Å². The number of carbonyl (C=O) groups is 2. The van der Waals surface area contributed by atoms with Crippen molar-refractivity contribution < 1.29 is 18.7 Å². The lowest BCUT2D eigenvalue weighted by atomic mass is 10.0. The van der Waals surface area contributed by atoms with E-state index >= 15 is 0 Å². The summed E-state index contributed by atoms with van der Waals surface area (Å²) in [5.74, 6) is -0.499. The van der Waals surface area contributed by atoms with Gasteiger partial charge >= 0.3 is 0 Å². The van der Waals surface area contributed by atoms with Crippen LogP contribution in [0.4, 0.5) is 4.39 Å². The fourth-order valence-corrected chi connectivity index (χ4v) is 3.83. The highest BCUT2D eigenvalue weighted by atomic mass is 19.1. The molecule has 0 radical (unpaired) electrons. The van der Waals surface area contributed by atoms with Gasteiger partial charge in [0, 0.05) is 25.6 Å². The second-order valence-electron chi connectivity index (χ2n) is 7.22. The quantitative estimate of drug-likeness (QED) is 0.758. The van der Waals surface area contributed by atoms with E-state index in [1.807, 2.05) is 6.07 Å². The van der Waals surface area contributed by atoms with Crippen LogP contribution in [0.25, 0.3) is 0 Å². The summed E-state index contributed by atoms with van der Waals surface area (Å²) >= 11 is 0. The highest BCUT2D eigenvalue weighted by Crippen LogP contribution is 2.24. The zero-order chi connectivity index (χ0) is 19.1. The monoisotopic (exact) mass is 377 g/mol. The lowest BCUT2D eigenvalue weighted by molar-refractivity contribution is -0.128. The molecule has 7 heteroatoms. The first-order valence-corrected chi connectivity index (χ1v) is 9.75. The number of nitrogens with zero attached hydrogens (tertiary/aromatic N) is 1. The minimum absolute atomic E-state index is 0.0195. The topological polar surface area (TPSA) is 70.7 Å². The van der Waals surface area contributed by atoms with E-state index in [1.165, 1.54) is 12.1 Å². The molecule has 1 heterocycles. The Morgan fingerprint density at radius 2 is 1.93 bits per heavy atom. The van der Waals surface area contributed by atoms with Gasteiger partial charge < -0.3 is 15.4 Å². The summed E-state index contributed by atoms with van der Waals surface area (Å²) in [6.07, 6.45) is 3.98. The van der Waals surface area contributed by atoms with Crippen LogP contribution in [-0.4, -0.2) is 56.1 Å². The van der Waals surface area contributed by atoms with Gasteiger partial charge in [0.15, 0.2) is 0 Å². The fourth-order valence-electron chi connectivity index (χ4n) is 3.83. The Morgan fingerprint density at radius 1 is 1.19 bits per heavy atom. The maximum absolute atomic E-state index is 13.7. The maximum Gasteiger partial charge on any atom is 0.239 e. The molecule has 0 spiro atoms. The molecule has 1 aliphatic carbocycles. The molecular weight excluding hydrogens is 349 g/mol. The van der Waals surface area contributed by atoms with Gasteiger partial charge in [-0.2, -0.15) is 0 Å². The predicted molar refractivity (Wildman–Crippen MR) is 99.5 cm³/mol. The number of hydrogen-bond acceptors (Lipinski definition) is 4. The van der Waals surface area contributed by atoms with Gasteiger partial charge in [-0.05, 0) is 30.5 Å². The standard InChI is InChI=1S/C20H28FN3O3/c21-17-7-3-6-16(12-17)18(24-8-10-27-11-9-24)13-22-19(25)14-23-20(26)15-4-1-2-5-15/h3,6-7,12,15,18H,1-2,4-5,8-11,13-14H2,(H,22,25)(H,23,26)/t18-/m0/s1. The molecule has 1 atom stereocenters. The normalized spacial score (nSPS) is 19.6. The van der Waals surface area contributed by atoms with Gasteiger partial charge in [-0.1, -0.05) is 25.0 Å². The van der Waals surface area contributed by atoms with E-state index in [1.54, 1.807) is 6.07 Å². The molecule has 6 nitrogen and oxygen atoms in total. The number of rotatable bonds is 7. The molecule has 2 aliphatic rings. The van der Waals surface area contributed by atoms with E-state index in [9.17, 15) is 14.0 Å². The summed E-state index contributed by atoms with van der Waals surface area (Å²) in [7, 11) is 0. The molecule has 0 bridgehead atoms. The summed E-state index contributed by atoms with van der Waals surface area (Å²) in [6.45, 7) is 3.05.